The minimum atomic E-state index is -2.28. The third-order valence-corrected chi connectivity index (χ3v) is 2.23. The van der Waals surface area contributed by atoms with Gasteiger partial charge in [-0.1, -0.05) is 0 Å². The summed E-state index contributed by atoms with van der Waals surface area (Å²) in [6.45, 7) is 0. The molecule has 0 aliphatic rings. The van der Waals surface area contributed by atoms with E-state index in [1.54, 1.807) is 0 Å². The Morgan fingerprint density at radius 1 is 1.05 bits per heavy atom. The quantitative estimate of drug-likeness (QED) is 0.404. The minimum absolute atomic E-state index is 0. The molecule has 1 aromatic rings. The molecule has 1 atom stereocenters. The Balaban J connectivity index is 0.00000324. The van der Waals surface area contributed by atoms with E-state index in [0.717, 1.165) is 7.11 Å². The monoisotopic (exact) mass is 305 g/mol. The normalized spacial score (nSPS) is 11.7. The number of carbonyl (C=O) groups excluding carboxylic acids is 1. The molecular weight excluding hydrogens is 297 g/mol. The van der Waals surface area contributed by atoms with Crippen molar-refractivity contribution < 1.29 is 31.5 Å². The van der Waals surface area contributed by atoms with E-state index in [0.29, 0.717) is 0 Å². The third-order valence-electron chi connectivity index (χ3n) is 2.23. The van der Waals surface area contributed by atoms with Crippen LogP contribution in [0.1, 0.15) is 18.0 Å². The van der Waals surface area contributed by atoms with E-state index in [9.17, 15) is 26.7 Å². The molecule has 0 unspecified atom stereocenters. The number of hydrogen-bond acceptors (Lipinski definition) is 3. The molecule has 0 radical (unpaired) electrons. The lowest BCUT2D eigenvalue weighted by Crippen LogP contribution is -2.21. The van der Waals surface area contributed by atoms with Crippen LogP contribution in [0.3, 0.4) is 0 Å². The molecule has 9 heteroatoms. The van der Waals surface area contributed by atoms with Crippen molar-refractivity contribution in [2.75, 3.05) is 7.11 Å². The maximum Gasteiger partial charge on any atom is 0.307 e. The van der Waals surface area contributed by atoms with Crippen LogP contribution in [0.25, 0.3) is 0 Å². The lowest BCUT2D eigenvalue weighted by molar-refractivity contribution is -0.141. The van der Waals surface area contributed by atoms with Gasteiger partial charge in [-0.2, -0.15) is 0 Å². The highest BCUT2D eigenvalue weighted by atomic mass is 35.5. The van der Waals surface area contributed by atoms with Crippen LogP contribution in [0.15, 0.2) is 0 Å². The van der Waals surface area contributed by atoms with E-state index < -0.39 is 53.1 Å². The number of carbonyl (C=O) groups is 1. The fraction of sp³-hybridized carbons (Fsp3) is 0.300. The Bertz CT molecular complexity index is 468. The summed E-state index contributed by atoms with van der Waals surface area (Å²) >= 11 is 0. The van der Waals surface area contributed by atoms with Crippen LogP contribution in [-0.2, 0) is 9.53 Å². The van der Waals surface area contributed by atoms with Crippen LogP contribution in [0.2, 0.25) is 0 Å². The number of methoxy groups -OCH3 is 1. The van der Waals surface area contributed by atoms with Gasteiger partial charge in [0.2, 0.25) is 5.82 Å². The fourth-order valence-corrected chi connectivity index (χ4v) is 1.31. The second kappa shape index (κ2) is 6.67. The lowest BCUT2D eigenvalue weighted by Gasteiger charge is -2.14. The predicted octanol–water partition coefficient (Wildman–Crippen LogP) is 2.37. The summed E-state index contributed by atoms with van der Waals surface area (Å²) < 4.78 is 69.1. The van der Waals surface area contributed by atoms with Crippen molar-refractivity contribution in [3.05, 3.63) is 34.6 Å². The standard InChI is InChI=1S/C10H8F5NO2.ClH/c1-18-4(17)2-3(16)5-6(11)8(13)10(15)9(14)7(5)12;/h3H,2,16H2,1H3;1H/t3-;/m1./s1. The third kappa shape index (κ3) is 3.32. The topological polar surface area (TPSA) is 52.3 Å². The van der Waals surface area contributed by atoms with Gasteiger partial charge in [0.15, 0.2) is 23.3 Å². The molecule has 0 heterocycles. The zero-order valence-corrected chi connectivity index (χ0v) is 10.3. The Labute approximate surface area is 110 Å². The van der Waals surface area contributed by atoms with Gasteiger partial charge in [0.05, 0.1) is 13.5 Å². The van der Waals surface area contributed by atoms with E-state index in [2.05, 4.69) is 4.74 Å². The van der Waals surface area contributed by atoms with Gasteiger partial charge in [-0.15, -0.1) is 12.4 Å². The summed E-state index contributed by atoms with van der Waals surface area (Å²) in [4.78, 5) is 10.8. The largest absolute Gasteiger partial charge is 0.469 e. The molecule has 0 spiro atoms. The first-order chi connectivity index (χ1) is 8.31. The summed E-state index contributed by atoms with van der Waals surface area (Å²) in [5.41, 5.74) is 3.99. The second-order valence-electron chi connectivity index (χ2n) is 3.37. The number of esters is 1. The Morgan fingerprint density at radius 2 is 1.42 bits per heavy atom. The van der Waals surface area contributed by atoms with Gasteiger partial charge in [-0.25, -0.2) is 22.0 Å². The van der Waals surface area contributed by atoms with E-state index in [4.69, 9.17) is 5.73 Å². The molecule has 0 saturated heterocycles. The van der Waals surface area contributed by atoms with Crippen molar-refractivity contribution >= 4 is 18.4 Å². The fourth-order valence-electron chi connectivity index (χ4n) is 1.31. The molecule has 0 saturated carbocycles. The van der Waals surface area contributed by atoms with Crippen LogP contribution in [0, 0.1) is 29.1 Å². The van der Waals surface area contributed by atoms with Gasteiger partial charge in [-0.05, 0) is 0 Å². The van der Waals surface area contributed by atoms with Gasteiger partial charge >= 0.3 is 5.97 Å². The van der Waals surface area contributed by atoms with Crippen LogP contribution < -0.4 is 5.73 Å². The number of hydrogen-bond donors (Lipinski definition) is 1. The van der Waals surface area contributed by atoms with E-state index in [1.807, 2.05) is 0 Å². The van der Waals surface area contributed by atoms with Gasteiger partial charge in [-0.3, -0.25) is 4.79 Å². The number of nitrogens with two attached hydrogens (primary N) is 1. The molecule has 0 bridgehead atoms. The van der Waals surface area contributed by atoms with E-state index in [1.165, 1.54) is 0 Å². The second-order valence-corrected chi connectivity index (χ2v) is 3.37. The van der Waals surface area contributed by atoms with Crippen LogP contribution >= 0.6 is 12.4 Å². The van der Waals surface area contributed by atoms with Crippen molar-refractivity contribution in [2.24, 2.45) is 5.73 Å². The van der Waals surface area contributed by atoms with Crippen molar-refractivity contribution in [3.63, 3.8) is 0 Å². The number of benzene rings is 1. The van der Waals surface area contributed by atoms with Gasteiger partial charge in [0.25, 0.3) is 0 Å². The van der Waals surface area contributed by atoms with Gasteiger partial charge in [0.1, 0.15) is 0 Å². The minimum Gasteiger partial charge on any atom is -0.469 e. The molecule has 0 aliphatic heterocycles. The molecule has 19 heavy (non-hydrogen) atoms. The molecule has 0 aromatic heterocycles. The van der Waals surface area contributed by atoms with Gasteiger partial charge < -0.3 is 10.5 Å². The van der Waals surface area contributed by atoms with Crippen molar-refractivity contribution in [2.45, 2.75) is 12.5 Å². The number of rotatable bonds is 3. The first-order valence-electron chi connectivity index (χ1n) is 4.65. The summed E-state index contributed by atoms with van der Waals surface area (Å²) in [5, 5.41) is 0. The summed E-state index contributed by atoms with van der Waals surface area (Å²) in [7, 11) is 0.994. The molecule has 0 aliphatic carbocycles. The highest BCUT2D eigenvalue weighted by Crippen LogP contribution is 2.28. The number of halogens is 6. The van der Waals surface area contributed by atoms with Crippen LogP contribution in [0.4, 0.5) is 22.0 Å². The molecule has 3 nitrogen and oxygen atoms in total. The molecule has 0 fully saturated rings. The van der Waals surface area contributed by atoms with Gasteiger partial charge in [0, 0.05) is 11.6 Å². The molecular formula is C10H9ClF5NO2. The molecule has 108 valence electrons. The van der Waals surface area contributed by atoms with Crippen molar-refractivity contribution in [3.8, 4) is 0 Å². The Hall–Kier alpha value is -1.41. The van der Waals surface area contributed by atoms with E-state index in [-0.39, 0.29) is 12.4 Å². The SMILES string of the molecule is COC(=O)C[C@@H](N)c1c(F)c(F)c(F)c(F)c1F.Cl. The molecule has 1 aromatic carbocycles. The summed E-state index contributed by atoms with van der Waals surface area (Å²) in [5.74, 6) is -11.5. The maximum atomic E-state index is 13.3. The first kappa shape index (κ1) is 17.6. The average molecular weight is 306 g/mol. The summed E-state index contributed by atoms with van der Waals surface area (Å²) in [6.07, 6.45) is -0.713. The average Bonchev–Trinajstić information content (AvgIpc) is 2.34. The Morgan fingerprint density at radius 3 is 1.79 bits per heavy atom. The zero-order valence-electron chi connectivity index (χ0n) is 9.48. The highest BCUT2D eigenvalue weighted by Gasteiger charge is 2.29. The summed E-state index contributed by atoms with van der Waals surface area (Å²) in [6, 6.07) is -1.69. The molecule has 0 amide bonds. The van der Waals surface area contributed by atoms with E-state index >= 15 is 0 Å². The van der Waals surface area contributed by atoms with Crippen molar-refractivity contribution in [1.29, 1.82) is 0 Å². The van der Waals surface area contributed by atoms with Crippen LogP contribution in [0.5, 0.6) is 0 Å². The van der Waals surface area contributed by atoms with Crippen molar-refractivity contribution in [1.82, 2.24) is 0 Å². The number of ether oxygens (including phenoxy) is 1. The first-order valence-corrected chi connectivity index (χ1v) is 4.65. The predicted molar refractivity (Wildman–Crippen MR) is 57.0 cm³/mol. The molecule has 1 rings (SSSR count). The zero-order chi connectivity index (χ0) is 14.0. The lowest BCUT2D eigenvalue weighted by atomic mass is 10.0. The maximum absolute atomic E-state index is 13.3. The smallest absolute Gasteiger partial charge is 0.307 e. The van der Waals surface area contributed by atoms with Crippen LogP contribution in [-0.4, -0.2) is 13.1 Å². The Kier molecular flexibility index (Phi) is 6.17. The highest BCUT2D eigenvalue weighted by molar-refractivity contribution is 5.85. The molecule has 2 N–H and O–H groups in total.